The Morgan fingerprint density at radius 1 is 0.872 bits per heavy atom. The number of thioether (sulfide) groups is 1. The normalized spacial score (nSPS) is 11.8. The van der Waals surface area contributed by atoms with Crippen LogP contribution in [-0.2, 0) is 9.59 Å². The van der Waals surface area contributed by atoms with Crippen LogP contribution in [0.2, 0.25) is 10.0 Å². The number of para-hydroxylation sites is 1. The second-order valence-corrected chi connectivity index (χ2v) is 13.1. The van der Waals surface area contributed by atoms with E-state index in [1.807, 2.05) is 29.6 Å². The van der Waals surface area contributed by atoms with E-state index in [0.29, 0.717) is 43.4 Å². The Labute approximate surface area is 290 Å². The molecule has 5 rings (SSSR count). The van der Waals surface area contributed by atoms with Crippen LogP contribution in [0.4, 0.5) is 10.8 Å². The molecule has 0 aliphatic rings. The van der Waals surface area contributed by atoms with E-state index in [0.717, 1.165) is 10.5 Å². The highest BCUT2D eigenvalue weighted by atomic mass is 35.5. The number of anilines is 2. The molecule has 0 saturated carbocycles. The van der Waals surface area contributed by atoms with Crippen LogP contribution in [0.1, 0.15) is 22.8 Å². The molecule has 5 aromatic rings. The fourth-order valence-electron chi connectivity index (χ4n) is 4.33. The molecule has 12 heteroatoms. The fraction of sp³-hybridized carbons (Fsp3) is 0.0857. The summed E-state index contributed by atoms with van der Waals surface area (Å²) in [7, 11) is 1.60. The van der Waals surface area contributed by atoms with Crippen molar-refractivity contribution in [3.63, 3.8) is 0 Å². The minimum atomic E-state index is -0.575. The summed E-state index contributed by atoms with van der Waals surface area (Å²) in [5.74, 6) is -0.541. The minimum absolute atomic E-state index is 0.0475. The standard InChI is InChI=1S/C35H28Cl2N4O4S2/c1-21(32(42)41-35-40-30(20-46-35)25-11-6-7-14-31(25)45-2)47-24-17-15-23(16-18-24)38-34(44)29(19-26-27(36)12-8-13-28(26)37)39-33(43)22-9-4-3-5-10-22/h3-21H,1-2H3,(H,38,44)(H,39,43)(H,40,41,42)/b29-19-. The van der Waals surface area contributed by atoms with Crippen molar-refractivity contribution in [2.75, 3.05) is 17.7 Å². The van der Waals surface area contributed by atoms with Crippen LogP contribution in [0.5, 0.6) is 5.75 Å². The summed E-state index contributed by atoms with van der Waals surface area (Å²) in [4.78, 5) is 44.7. The van der Waals surface area contributed by atoms with E-state index in [-0.39, 0.29) is 11.6 Å². The van der Waals surface area contributed by atoms with Crippen LogP contribution in [0.3, 0.4) is 0 Å². The number of nitrogens with zero attached hydrogens (tertiary/aromatic N) is 1. The average Bonchev–Trinajstić information content (AvgIpc) is 3.55. The summed E-state index contributed by atoms with van der Waals surface area (Å²) in [5.41, 5.74) is 2.76. The van der Waals surface area contributed by atoms with Gasteiger partial charge in [0.1, 0.15) is 11.4 Å². The van der Waals surface area contributed by atoms with Gasteiger partial charge in [-0.3, -0.25) is 14.4 Å². The van der Waals surface area contributed by atoms with Crippen molar-refractivity contribution < 1.29 is 19.1 Å². The SMILES string of the molecule is COc1ccccc1-c1csc(NC(=O)C(C)Sc2ccc(NC(=O)/C(=C/c3c(Cl)cccc3Cl)NC(=O)c3ccccc3)cc2)n1. The minimum Gasteiger partial charge on any atom is -0.496 e. The molecule has 47 heavy (non-hydrogen) atoms. The maximum atomic E-state index is 13.4. The first kappa shape index (κ1) is 33.7. The number of nitrogens with one attached hydrogen (secondary N) is 3. The largest absolute Gasteiger partial charge is 0.496 e. The second kappa shape index (κ2) is 15.8. The Hall–Kier alpha value is -4.61. The van der Waals surface area contributed by atoms with Gasteiger partial charge >= 0.3 is 0 Å². The molecule has 0 aliphatic heterocycles. The molecular weight excluding hydrogens is 675 g/mol. The van der Waals surface area contributed by atoms with Gasteiger partial charge in [0.05, 0.1) is 18.1 Å². The van der Waals surface area contributed by atoms with E-state index in [9.17, 15) is 14.4 Å². The third-order valence-electron chi connectivity index (χ3n) is 6.73. The van der Waals surface area contributed by atoms with Gasteiger partial charge in [-0.2, -0.15) is 0 Å². The summed E-state index contributed by atoms with van der Waals surface area (Å²) >= 11 is 15.4. The predicted octanol–water partition coefficient (Wildman–Crippen LogP) is 8.65. The van der Waals surface area contributed by atoms with Crippen molar-refractivity contribution in [2.24, 2.45) is 0 Å². The van der Waals surface area contributed by atoms with E-state index < -0.39 is 17.1 Å². The molecule has 3 N–H and O–H groups in total. The molecule has 0 radical (unpaired) electrons. The van der Waals surface area contributed by atoms with Crippen molar-refractivity contribution >= 4 is 80.9 Å². The van der Waals surface area contributed by atoms with Crippen molar-refractivity contribution in [3.8, 4) is 17.0 Å². The smallest absolute Gasteiger partial charge is 0.272 e. The van der Waals surface area contributed by atoms with Crippen LogP contribution in [-0.4, -0.2) is 35.1 Å². The van der Waals surface area contributed by atoms with Gasteiger partial charge in [0.15, 0.2) is 5.13 Å². The molecule has 1 unspecified atom stereocenters. The Bertz CT molecular complexity index is 1910. The number of ether oxygens (including phenoxy) is 1. The summed E-state index contributed by atoms with van der Waals surface area (Å²) in [6, 6.07) is 28.1. The monoisotopic (exact) mass is 702 g/mol. The number of carbonyl (C=O) groups excluding carboxylic acids is 3. The number of methoxy groups -OCH3 is 1. The molecule has 0 bridgehead atoms. The Balaban J connectivity index is 1.23. The van der Waals surface area contributed by atoms with Crippen molar-refractivity contribution in [3.05, 3.63) is 129 Å². The summed E-state index contributed by atoms with van der Waals surface area (Å²) < 4.78 is 5.42. The van der Waals surface area contributed by atoms with Crippen molar-refractivity contribution in [1.82, 2.24) is 10.3 Å². The number of rotatable bonds is 11. The molecule has 3 amide bonds. The van der Waals surface area contributed by atoms with Gasteiger partial charge < -0.3 is 20.7 Å². The molecule has 1 atom stereocenters. The van der Waals surface area contributed by atoms with Gasteiger partial charge in [-0.1, -0.05) is 59.6 Å². The molecule has 4 aromatic carbocycles. The van der Waals surface area contributed by atoms with Gasteiger partial charge in [0, 0.05) is 42.7 Å². The van der Waals surface area contributed by atoms with E-state index in [2.05, 4.69) is 20.9 Å². The van der Waals surface area contributed by atoms with Crippen molar-refractivity contribution in [1.29, 1.82) is 0 Å². The molecular formula is C35H28Cl2N4O4S2. The number of benzene rings is 4. The molecule has 0 saturated heterocycles. The highest BCUT2D eigenvalue weighted by Gasteiger charge is 2.19. The number of aromatic nitrogens is 1. The maximum absolute atomic E-state index is 13.4. The Kier molecular flexibility index (Phi) is 11.3. The lowest BCUT2D eigenvalue weighted by Gasteiger charge is -2.13. The first-order valence-electron chi connectivity index (χ1n) is 14.2. The average molecular weight is 704 g/mol. The third kappa shape index (κ3) is 8.81. The number of carbonyl (C=O) groups is 3. The molecule has 1 aromatic heterocycles. The van der Waals surface area contributed by atoms with E-state index >= 15 is 0 Å². The van der Waals surface area contributed by atoms with Gasteiger partial charge in [0.25, 0.3) is 11.8 Å². The highest BCUT2D eigenvalue weighted by Crippen LogP contribution is 2.33. The molecule has 0 spiro atoms. The number of hydrogen-bond acceptors (Lipinski definition) is 7. The Morgan fingerprint density at radius 3 is 2.26 bits per heavy atom. The Morgan fingerprint density at radius 2 is 1.55 bits per heavy atom. The van der Waals surface area contributed by atoms with Gasteiger partial charge in [-0.25, -0.2) is 4.98 Å². The molecule has 8 nitrogen and oxygen atoms in total. The van der Waals surface area contributed by atoms with Gasteiger partial charge in [-0.05, 0) is 73.7 Å². The molecule has 238 valence electrons. The van der Waals surface area contributed by atoms with Crippen LogP contribution in [0.25, 0.3) is 17.3 Å². The highest BCUT2D eigenvalue weighted by molar-refractivity contribution is 8.00. The third-order valence-corrected chi connectivity index (χ3v) is 9.26. The first-order valence-corrected chi connectivity index (χ1v) is 16.7. The van der Waals surface area contributed by atoms with Crippen LogP contribution < -0.4 is 20.7 Å². The molecule has 0 fully saturated rings. The van der Waals surface area contributed by atoms with E-state index in [4.69, 9.17) is 27.9 Å². The zero-order chi connectivity index (χ0) is 33.3. The topological polar surface area (TPSA) is 109 Å². The quantitative estimate of drug-likeness (QED) is 0.0939. The first-order chi connectivity index (χ1) is 22.7. The van der Waals surface area contributed by atoms with Crippen LogP contribution >= 0.6 is 46.3 Å². The fourth-order valence-corrected chi connectivity index (χ4v) is 6.41. The van der Waals surface area contributed by atoms with E-state index in [1.54, 1.807) is 86.8 Å². The molecule has 1 heterocycles. The van der Waals surface area contributed by atoms with Crippen LogP contribution in [0.15, 0.2) is 113 Å². The maximum Gasteiger partial charge on any atom is 0.272 e. The zero-order valence-corrected chi connectivity index (χ0v) is 28.3. The summed E-state index contributed by atoms with van der Waals surface area (Å²) in [5, 5.41) is 10.9. The number of hydrogen-bond donors (Lipinski definition) is 3. The number of halogens is 2. The summed E-state index contributed by atoms with van der Waals surface area (Å²) in [6.07, 6.45) is 1.44. The lowest BCUT2D eigenvalue weighted by atomic mass is 10.1. The zero-order valence-electron chi connectivity index (χ0n) is 25.1. The molecule has 0 aliphatic carbocycles. The second-order valence-electron chi connectivity index (χ2n) is 9.98. The lowest BCUT2D eigenvalue weighted by molar-refractivity contribution is -0.115. The van der Waals surface area contributed by atoms with Gasteiger partial charge in [0.2, 0.25) is 5.91 Å². The van der Waals surface area contributed by atoms with Gasteiger partial charge in [-0.15, -0.1) is 23.1 Å². The lowest BCUT2D eigenvalue weighted by Crippen LogP contribution is -2.30. The van der Waals surface area contributed by atoms with Crippen molar-refractivity contribution in [2.45, 2.75) is 17.1 Å². The number of thiazole rings is 1. The van der Waals surface area contributed by atoms with Crippen LogP contribution in [0, 0.1) is 0 Å². The predicted molar refractivity (Wildman–Crippen MR) is 191 cm³/mol. The summed E-state index contributed by atoms with van der Waals surface area (Å²) in [6.45, 7) is 1.80. The van der Waals surface area contributed by atoms with E-state index in [1.165, 1.54) is 29.2 Å². The number of amides is 3.